The number of nitrogens with one attached hydrogen (secondary N) is 1. The van der Waals surface area contributed by atoms with Crippen molar-refractivity contribution in [2.45, 2.75) is 40.0 Å². The van der Waals surface area contributed by atoms with Crippen LogP contribution in [0, 0.1) is 17.3 Å². The fourth-order valence-electron chi connectivity index (χ4n) is 2.09. The lowest BCUT2D eigenvalue weighted by atomic mass is 9.71. The van der Waals surface area contributed by atoms with Gasteiger partial charge in [-0.3, -0.25) is 0 Å². The van der Waals surface area contributed by atoms with Gasteiger partial charge in [-0.25, -0.2) is 0 Å². The molecule has 2 aliphatic rings. The summed E-state index contributed by atoms with van der Waals surface area (Å²) in [7, 11) is 0. The monoisotopic (exact) mass is 180 g/mol. The van der Waals surface area contributed by atoms with Crippen molar-refractivity contribution in [3.05, 3.63) is 0 Å². The highest BCUT2D eigenvalue weighted by Crippen LogP contribution is 2.38. The second-order valence-corrected chi connectivity index (χ2v) is 5.53. The Bertz CT molecular complexity index is 220. The normalized spacial score (nSPS) is 35.2. The standard InChI is InChI=1S/C11H20N2/c1-8-4-9(8)7-12-13-10-5-11(2,3)6-10/h8-9,12H,4-7H2,1-3H3. The lowest BCUT2D eigenvalue weighted by Gasteiger charge is -2.35. The Hall–Kier alpha value is -0.530. The molecule has 0 amide bonds. The average Bonchev–Trinajstić information content (AvgIpc) is 2.63. The van der Waals surface area contributed by atoms with Gasteiger partial charge in [-0.2, -0.15) is 5.10 Å². The summed E-state index contributed by atoms with van der Waals surface area (Å²) in [4.78, 5) is 0. The van der Waals surface area contributed by atoms with E-state index < -0.39 is 0 Å². The van der Waals surface area contributed by atoms with Gasteiger partial charge in [0.15, 0.2) is 0 Å². The predicted octanol–water partition coefficient (Wildman–Crippen LogP) is 2.41. The minimum absolute atomic E-state index is 0.521. The Morgan fingerprint density at radius 2 is 2.08 bits per heavy atom. The van der Waals surface area contributed by atoms with Gasteiger partial charge in [0.2, 0.25) is 0 Å². The number of hydrazone groups is 1. The molecule has 2 unspecified atom stereocenters. The maximum atomic E-state index is 4.41. The van der Waals surface area contributed by atoms with Crippen molar-refractivity contribution in [2.75, 3.05) is 6.54 Å². The van der Waals surface area contributed by atoms with E-state index in [2.05, 4.69) is 31.3 Å². The Morgan fingerprint density at radius 3 is 2.54 bits per heavy atom. The minimum Gasteiger partial charge on any atom is -0.310 e. The van der Waals surface area contributed by atoms with Gasteiger partial charge < -0.3 is 5.43 Å². The molecule has 0 heterocycles. The van der Waals surface area contributed by atoms with Crippen LogP contribution in [-0.2, 0) is 0 Å². The zero-order chi connectivity index (χ0) is 9.47. The zero-order valence-corrected chi connectivity index (χ0v) is 8.93. The molecule has 2 heteroatoms. The summed E-state index contributed by atoms with van der Waals surface area (Å²) < 4.78 is 0. The molecule has 0 radical (unpaired) electrons. The van der Waals surface area contributed by atoms with E-state index in [0.717, 1.165) is 18.4 Å². The molecule has 2 rings (SSSR count). The Labute approximate surface area is 80.8 Å². The Balaban J connectivity index is 1.63. The highest BCUT2D eigenvalue weighted by molar-refractivity contribution is 5.90. The molecule has 0 aliphatic heterocycles. The van der Waals surface area contributed by atoms with E-state index in [1.165, 1.54) is 25.0 Å². The third kappa shape index (κ3) is 2.23. The van der Waals surface area contributed by atoms with Crippen molar-refractivity contribution < 1.29 is 0 Å². The molecule has 0 aromatic heterocycles. The number of rotatable bonds is 3. The van der Waals surface area contributed by atoms with Gasteiger partial charge in [0.05, 0.1) is 0 Å². The molecular formula is C11H20N2. The first-order valence-electron chi connectivity index (χ1n) is 5.35. The number of hydrogen-bond donors (Lipinski definition) is 1. The summed E-state index contributed by atoms with van der Waals surface area (Å²) in [5, 5.41) is 4.41. The second kappa shape index (κ2) is 3.00. The first kappa shape index (κ1) is 9.04. The van der Waals surface area contributed by atoms with Crippen molar-refractivity contribution in [2.24, 2.45) is 22.4 Å². The molecule has 0 spiro atoms. The predicted molar refractivity (Wildman–Crippen MR) is 55.7 cm³/mol. The SMILES string of the molecule is CC1CC1CNN=C1CC(C)(C)C1. The quantitative estimate of drug-likeness (QED) is 0.663. The van der Waals surface area contributed by atoms with E-state index in [0.29, 0.717) is 5.41 Å². The van der Waals surface area contributed by atoms with Crippen molar-refractivity contribution in [3.8, 4) is 0 Å². The van der Waals surface area contributed by atoms with Crippen LogP contribution < -0.4 is 5.43 Å². The van der Waals surface area contributed by atoms with E-state index in [-0.39, 0.29) is 0 Å². The van der Waals surface area contributed by atoms with Crippen molar-refractivity contribution in [1.29, 1.82) is 0 Å². The van der Waals surface area contributed by atoms with Crippen LogP contribution >= 0.6 is 0 Å². The average molecular weight is 180 g/mol. The molecule has 2 atom stereocenters. The Morgan fingerprint density at radius 1 is 1.46 bits per heavy atom. The van der Waals surface area contributed by atoms with Crippen LogP contribution in [0.5, 0.6) is 0 Å². The van der Waals surface area contributed by atoms with Crippen molar-refractivity contribution in [1.82, 2.24) is 5.43 Å². The molecule has 0 saturated heterocycles. The van der Waals surface area contributed by atoms with Crippen LogP contribution in [0.4, 0.5) is 0 Å². The molecular weight excluding hydrogens is 160 g/mol. The molecule has 74 valence electrons. The Kier molecular flexibility index (Phi) is 2.09. The van der Waals surface area contributed by atoms with Crippen LogP contribution in [0.15, 0.2) is 5.10 Å². The summed E-state index contributed by atoms with van der Waals surface area (Å²) in [5.74, 6) is 1.84. The number of nitrogens with zero attached hydrogens (tertiary/aromatic N) is 1. The van der Waals surface area contributed by atoms with Gasteiger partial charge in [0.1, 0.15) is 0 Å². The van der Waals surface area contributed by atoms with E-state index in [1.807, 2.05) is 0 Å². The molecule has 0 aromatic carbocycles. The summed E-state index contributed by atoms with van der Waals surface area (Å²) in [6, 6.07) is 0. The van der Waals surface area contributed by atoms with Gasteiger partial charge in [-0.15, -0.1) is 0 Å². The lowest BCUT2D eigenvalue weighted by molar-refractivity contribution is 0.337. The van der Waals surface area contributed by atoms with E-state index in [9.17, 15) is 0 Å². The highest BCUT2D eigenvalue weighted by Gasteiger charge is 2.34. The third-order valence-corrected chi connectivity index (χ3v) is 3.23. The molecule has 1 N–H and O–H groups in total. The zero-order valence-electron chi connectivity index (χ0n) is 8.93. The van der Waals surface area contributed by atoms with Crippen LogP contribution in [0.2, 0.25) is 0 Å². The fourth-order valence-corrected chi connectivity index (χ4v) is 2.09. The van der Waals surface area contributed by atoms with Gasteiger partial charge in [0, 0.05) is 12.3 Å². The summed E-state index contributed by atoms with van der Waals surface area (Å²) in [5.41, 5.74) is 5.09. The van der Waals surface area contributed by atoms with Crippen LogP contribution in [-0.4, -0.2) is 12.3 Å². The first-order valence-corrected chi connectivity index (χ1v) is 5.35. The van der Waals surface area contributed by atoms with Crippen LogP contribution in [0.25, 0.3) is 0 Å². The molecule has 0 aromatic rings. The van der Waals surface area contributed by atoms with Gasteiger partial charge >= 0.3 is 0 Å². The topological polar surface area (TPSA) is 24.4 Å². The highest BCUT2D eigenvalue weighted by atomic mass is 15.3. The lowest BCUT2D eigenvalue weighted by Crippen LogP contribution is -2.33. The summed E-state index contributed by atoms with van der Waals surface area (Å²) in [6.45, 7) is 8.00. The molecule has 13 heavy (non-hydrogen) atoms. The molecule has 2 saturated carbocycles. The van der Waals surface area contributed by atoms with Crippen molar-refractivity contribution >= 4 is 5.71 Å². The number of hydrogen-bond acceptors (Lipinski definition) is 2. The van der Waals surface area contributed by atoms with E-state index in [1.54, 1.807) is 0 Å². The second-order valence-electron chi connectivity index (χ2n) is 5.53. The maximum absolute atomic E-state index is 4.41. The van der Waals surface area contributed by atoms with Crippen molar-refractivity contribution in [3.63, 3.8) is 0 Å². The first-order chi connectivity index (χ1) is 6.07. The third-order valence-electron chi connectivity index (χ3n) is 3.23. The molecule has 0 bridgehead atoms. The molecule has 2 fully saturated rings. The van der Waals surface area contributed by atoms with Gasteiger partial charge in [-0.1, -0.05) is 20.8 Å². The van der Waals surface area contributed by atoms with E-state index >= 15 is 0 Å². The van der Waals surface area contributed by atoms with Crippen LogP contribution in [0.3, 0.4) is 0 Å². The smallest absolute Gasteiger partial charge is 0.0389 e. The minimum atomic E-state index is 0.521. The molecule has 2 aliphatic carbocycles. The van der Waals surface area contributed by atoms with Gasteiger partial charge in [0.25, 0.3) is 0 Å². The van der Waals surface area contributed by atoms with Gasteiger partial charge in [-0.05, 0) is 36.5 Å². The summed E-state index contributed by atoms with van der Waals surface area (Å²) >= 11 is 0. The largest absolute Gasteiger partial charge is 0.310 e. The molecule has 2 nitrogen and oxygen atoms in total. The van der Waals surface area contributed by atoms with E-state index in [4.69, 9.17) is 0 Å². The summed E-state index contributed by atoms with van der Waals surface area (Å²) in [6.07, 6.45) is 3.75. The fraction of sp³-hybridized carbons (Fsp3) is 0.909. The maximum Gasteiger partial charge on any atom is 0.0389 e. The van der Waals surface area contributed by atoms with Crippen LogP contribution in [0.1, 0.15) is 40.0 Å².